The molecule has 4 rings (SSSR count). The molecule has 0 saturated carbocycles. The van der Waals surface area contributed by atoms with E-state index in [0.29, 0.717) is 40.9 Å². The average molecular weight is 453 g/mol. The number of fused-ring (bicyclic) bond motifs is 1. The zero-order valence-electron chi connectivity index (χ0n) is 18.2. The lowest BCUT2D eigenvalue weighted by molar-refractivity contribution is 0.193. The van der Waals surface area contributed by atoms with Crippen LogP contribution in [0.15, 0.2) is 60.7 Å². The van der Waals surface area contributed by atoms with Crippen LogP contribution in [0.3, 0.4) is 0 Å². The molecule has 3 aromatic rings. The number of rotatable bonds is 5. The van der Waals surface area contributed by atoms with E-state index >= 15 is 0 Å². The van der Waals surface area contributed by atoms with Crippen LogP contribution in [-0.2, 0) is 6.42 Å². The fraction of sp³-hybridized carbons (Fsp3) is 0.240. The Morgan fingerprint density at radius 2 is 1.56 bits per heavy atom. The van der Waals surface area contributed by atoms with Gasteiger partial charge in [-0.05, 0) is 53.4 Å². The zero-order chi connectivity index (χ0) is 22.7. The van der Waals surface area contributed by atoms with E-state index in [9.17, 15) is 4.79 Å². The fourth-order valence-electron chi connectivity index (χ4n) is 4.13. The molecular weight excluding hydrogens is 428 g/mol. The van der Waals surface area contributed by atoms with Crippen molar-refractivity contribution in [1.29, 1.82) is 0 Å². The fourth-order valence-corrected chi connectivity index (χ4v) is 4.37. The number of nitrogens with one attached hydrogen (secondary N) is 1. The highest BCUT2D eigenvalue weighted by molar-refractivity contribution is 6.31. The van der Waals surface area contributed by atoms with E-state index in [1.165, 1.54) is 0 Å². The van der Waals surface area contributed by atoms with E-state index < -0.39 is 0 Å². The number of hydrogen-bond acceptors (Lipinski definition) is 4. The number of carbonyl (C=O) groups excluding carboxylic acids is 1. The molecular formula is C25H25ClN2O4. The van der Waals surface area contributed by atoms with Crippen LogP contribution in [0.4, 0.5) is 10.5 Å². The summed E-state index contributed by atoms with van der Waals surface area (Å²) >= 11 is 6.60. The van der Waals surface area contributed by atoms with Gasteiger partial charge in [0.1, 0.15) is 5.75 Å². The predicted molar refractivity (Wildman–Crippen MR) is 125 cm³/mol. The molecule has 1 N–H and O–H groups in total. The molecule has 0 saturated heterocycles. The summed E-state index contributed by atoms with van der Waals surface area (Å²) in [4.78, 5) is 15.3. The standard InChI is InChI=1S/C25H25ClN2O4/c1-30-21-11-7-6-10-20(21)27-25(29)28-13-12-16-14-22(31-2)23(32-3)15-18(16)24(28)17-8-4-5-9-19(17)26/h4-11,14-15,24H,12-13H2,1-3H3,(H,27,29)/t24-/m0/s1. The Kier molecular flexibility index (Phi) is 6.42. The van der Waals surface area contributed by atoms with Gasteiger partial charge in [-0.15, -0.1) is 0 Å². The first-order chi connectivity index (χ1) is 15.6. The minimum atomic E-state index is -0.387. The molecule has 0 spiro atoms. The van der Waals surface area contributed by atoms with Crippen LogP contribution < -0.4 is 19.5 Å². The molecule has 1 heterocycles. The molecule has 32 heavy (non-hydrogen) atoms. The van der Waals surface area contributed by atoms with Crippen LogP contribution in [0.2, 0.25) is 5.02 Å². The number of ether oxygens (including phenoxy) is 3. The van der Waals surface area contributed by atoms with E-state index in [1.54, 1.807) is 26.2 Å². The molecule has 1 aliphatic rings. The van der Waals surface area contributed by atoms with E-state index in [1.807, 2.05) is 60.7 Å². The number of methoxy groups -OCH3 is 3. The summed E-state index contributed by atoms with van der Waals surface area (Å²) in [6, 6.07) is 18.2. The van der Waals surface area contributed by atoms with Crippen LogP contribution in [0.25, 0.3) is 0 Å². The average Bonchev–Trinajstić information content (AvgIpc) is 2.83. The van der Waals surface area contributed by atoms with Crippen molar-refractivity contribution in [3.8, 4) is 17.2 Å². The van der Waals surface area contributed by atoms with Crippen molar-refractivity contribution in [2.45, 2.75) is 12.5 Å². The third-order valence-electron chi connectivity index (χ3n) is 5.68. The van der Waals surface area contributed by atoms with E-state index in [0.717, 1.165) is 16.7 Å². The molecule has 166 valence electrons. The maximum Gasteiger partial charge on any atom is 0.322 e. The van der Waals surface area contributed by atoms with E-state index in [2.05, 4.69) is 5.32 Å². The first-order valence-corrected chi connectivity index (χ1v) is 10.6. The number of para-hydroxylation sites is 2. The minimum absolute atomic E-state index is 0.236. The number of urea groups is 1. The monoisotopic (exact) mass is 452 g/mol. The molecule has 1 atom stereocenters. The van der Waals surface area contributed by atoms with Crippen molar-refractivity contribution in [3.63, 3.8) is 0 Å². The highest BCUT2D eigenvalue weighted by Crippen LogP contribution is 2.43. The van der Waals surface area contributed by atoms with Crippen molar-refractivity contribution >= 4 is 23.3 Å². The van der Waals surface area contributed by atoms with Gasteiger partial charge in [0.2, 0.25) is 0 Å². The first-order valence-electron chi connectivity index (χ1n) is 10.3. The number of amides is 2. The molecule has 0 aliphatic carbocycles. The number of benzene rings is 3. The zero-order valence-corrected chi connectivity index (χ0v) is 19.0. The molecule has 0 aromatic heterocycles. The summed E-state index contributed by atoms with van der Waals surface area (Å²) in [6.45, 7) is 0.513. The van der Waals surface area contributed by atoms with Crippen LogP contribution in [-0.4, -0.2) is 38.8 Å². The van der Waals surface area contributed by atoms with Crippen LogP contribution >= 0.6 is 11.6 Å². The van der Waals surface area contributed by atoms with Crippen molar-refractivity contribution in [2.75, 3.05) is 33.2 Å². The first kappa shape index (κ1) is 21.8. The third kappa shape index (κ3) is 4.06. The summed E-state index contributed by atoms with van der Waals surface area (Å²) in [5.41, 5.74) is 3.50. The largest absolute Gasteiger partial charge is 0.495 e. The molecule has 7 heteroatoms. The van der Waals surface area contributed by atoms with Gasteiger partial charge < -0.3 is 24.4 Å². The van der Waals surface area contributed by atoms with Crippen molar-refractivity contribution in [1.82, 2.24) is 4.90 Å². The maximum atomic E-state index is 13.5. The number of hydrogen-bond donors (Lipinski definition) is 1. The molecule has 2 amide bonds. The summed E-state index contributed by atoms with van der Waals surface area (Å²) in [7, 11) is 4.80. The van der Waals surface area contributed by atoms with Crippen LogP contribution in [0.5, 0.6) is 17.2 Å². The molecule has 1 aliphatic heterocycles. The number of anilines is 1. The Balaban J connectivity index is 1.79. The van der Waals surface area contributed by atoms with Crippen molar-refractivity contribution in [2.24, 2.45) is 0 Å². The molecule has 0 radical (unpaired) electrons. The highest BCUT2D eigenvalue weighted by Gasteiger charge is 2.34. The Morgan fingerprint density at radius 1 is 0.906 bits per heavy atom. The van der Waals surface area contributed by atoms with Gasteiger partial charge in [-0.2, -0.15) is 0 Å². The molecule has 3 aromatic carbocycles. The molecule has 6 nitrogen and oxygen atoms in total. The molecule has 0 unspecified atom stereocenters. The SMILES string of the molecule is COc1ccccc1NC(=O)N1CCc2cc(OC)c(OC)cc2[C@@H]1c1ccccc1Cl. The van der Waals surface area contributed by atoms with E-state index in [4.69, 9.17) is 25.8 Å². The van der Waals surface area contributed by atoms with Gasteiger partial charge in [-0.3, -0.25) is 0 Å². The summed E-state index contributed by atoms with van der Waals surface area (Å²) < 4.78 is 16.4. The van der Waals surface area contributed by atoms with Gasteiger partial charge in [-0.1, -0.05) is 41.9 Å². The summed E-state index contributed by atoms with van der Waals surface area (Å²) in [6.07, 6.45) is 0.677. The maximum absolute atomic E-state index is 13.5. The van der Waals surface area contributed by atoms with Gasteiger partial charge in [0, 0.05) is 11.6 Å². The lowest BCUT2D eigenvalue weighted by Crippen LogP contribution is -2.43. The smallest absolute Gasteiger partial charge is 0.322 e. The van der Waals surface area contributed by atoms with Crippen molar-refractivity contribution in [3.05, 3.63) is 82.4 Å². The number of carbonyl (C=O) groups is 1. The minimum Gasteiger partial charge on any atom is -0.495 e. The summed E-state index contributed by atoms with van der Waals surface area (Å²) in [5.74, 6) is 1.87. The molecule has 0 fully saturated rings. The van der Waals surface area contributed by atoms with Crippen LogP contribution in [0.1, 0.15) is 22.7 Å². The van der Waals surface area contributed by atoms with E-state index in [-0.39, 0.29) is 12.1 Å². The van der Waals surface area contributed by atoms with Gasteiger partial charge in [0.15, 0.2) is 11.5 Å². The van der Waals surface area contributed by atoms with Gasteiger partial charge in [0.05, 0.1) is 33.1 Å². The second-order valence-corrected chi connectivity index (χ2v) is 7.81. The lowest BCUT2D eigenvalue weighted by Gasteiger charge is -2.38. The Hall–Kier alpha value is -3.38. The number of nitrogens with zero attached hydrogens (tertiary/aromatic N) is 1. The second kappa shape index (κ2) is 9.40. The topological polar surface area (TPSA) is 60.0 Å². The predicted octanol–water partition coefficient (Wildman–Crippen LogP) is 5.55. The lowest BCUT2D eigenvalue weighted by atomic mass is 9.87. The summed E-state index contributed by atoms with van der Waals surface area (Å²) in [5, 5.41) is 3.59. The van der Waals surface area contributed by atoms with Gasteiger partial charge in [-0.25, -0.2) is 4.79 Å². The van der Waals surface area contributed by atoms with Gasteiger partial charge >= 0.3 is 6.03 Å². The van der Waals surface area contributed by atoms with Crippen LogP contribution in [0, 0.1) is 0 Å². The molecule has 0 bridgehead atoms. The Bertz CT molecular complexity index is 1130. The quantitative estimate of drug-likeness (QED) is 0.551. The van der Waals surface area contributed by atoms with Gasteiger partial charge in [0.25, 0.3) is 0 Å². The van der Waals surface area contributed by atoms with Crippen molar-refractivity contribution < 1.29 is 19.0 Å². The normalized spacial score (nSPS) is 15.0. The Morgan fingerprint density at radius 3 is 2.28 bits per heavy atom. The third-order valence-corrected chi connectivity index (χ3v) is 6.03. The highest BCUT2D eigenvalue weighted by atomic mass is 35.5. The number of halogens is 1. The second-order valence-electron chi connectivity index (χ2n) is 7.40. The Labute approximate surface area is 192 Å².